The van der Waals surface area contributed by atoms with Crippen molar-refractivity contribution in [2.75, 3.05) is 38.0 Å². The number of carbonyl (C=O) groups excluding carboxylic acids is 1. The van der Waals surface area contributed by atoms with Crippen molar-refractivity contribution in [2.45, 2.75) is 13.0 Å². The van der Waals surface area contributed by atoms with Gasteiger partial charge >= 0.3 is 0 Å². The van der Waals surface area contributed by atoms with Crippen molar-refractivity contribution in [3.63, 3.8) is 0 Å². The van der Waals surface area contributed by atoms with E-state index in [0.29, 0.717) is 0 Å². The van der Waals surface area contributed by atoms with E-state index in [0.717, 1.165) is 32.7 Å². The zero-order valence-electron chi connectivity index (χ0n) is 15.6. The van der Waals surface area contributed by atoms with Crippen molar-refractivity contribution < 1.29 is 9.18 Å². The van der Waals surface area contributed by atoms with Gasteiger partial charge in [-0.05, 0) is 24.6 Å². The molecule has 2 aromatic rings. The summed E-state index contributed by atoms with van der Waals surface area (Å²) < 4.78 is 13.7. The van der Waals surface area contributed by atoms with Crippen molar-refractivity contribution in [1.82, 2.24) is 9.80 Å². The number of hydrogen-bond donors (Lipinski definition) is 1. The Balaban J connectivity index is 1.45. The number of rotatable bonds is 6. The first-order chi connectivity index (χ1) is 13.1. The summed E-state index contributed by atoms with van der Waals surface area (Å²) in [5, 5.41) is 2.69. The monoisotopic (exact) mass is 367 g/mol. The van der Waals surface area contributed by atoms with E-state index in [9.17, 15) is 9.18 Å². The van der Waals surface area contributed by atoms with Crippen LogP contribution < -0.4 is 5.32 Å². The number of nitrogens with one attached hydrogen (secondary N) is 1. The molecule has 1 aliphatic heterocycles. The van der Waals surface area contributed by atoms with Crippen LogP contribution in [-0.2, 0) is 4.79 Å². The van der Waals surface area contributed by atoms with E-state index in [2.05, 4.69) is 39.4 Å². The van der Waals surface area contributed by atoms with Crippen LogP contribution in [0.1, 0.15) is 12.5 Å². The number of nitrogens with zero attached hydrogens (tertiary/aromatic N) is 2. The molecule has 1 saturated heterocycles. The molecule has 0 aliphatic carbocycles. The van der Waals surface area contributed by atoms with Crippen LogP contribution >= 0.6 is 0 Å². The third kappa shape index (κ3) is 5.49. The van der Waals surface area contributed by atoms with Gasteiger partial charge in [0.05, 0.1) is 11.7 Å². The van der Waals surface area contributed by atoms with Crippen molar-refractivity contribution >= 4 is 17.7 Å². The van der Waals surface area contributed by atoms with E-state index < -0.39 is 5.82 Å². The molecule has 0 aromatic heterocycles. The molecule has 142 valence electrons. The molecule has 1 fully saturated rings. The summed E-state index contributed by atoms with van der Waals surface area (Å²) in [6.45, 7) is 6.25. The molecule has 1 N–H and O–H groups in total. The van der Waals surface area contributed by atoms with E-state index in [1.54, 1.807) is 18.2 Å². The van der Waals surface area contributed by atoms with Crippen LogP contribution in [0.3, 0.4) is 0 Å². The zero-order chi connectivity index (χ0) is 19.1. The number of benzene rings is 2. The molecule has 0 radical (unpaired) electrons. The lowest BCUT2D eigenvalue weighted by Gasteiger charge is -2.37. The first kappa shape index (κ1) is 19.3. The Morgan fingerprint density at radius 1 is 1.07 bits per heavy atom. The quantitative estimate of drug-likeness (QED) is 0.849. The summed E-state index contributed by atoms with van der Waals surface area (Å²) in [6, 6.07) is 16.2. The third-order valence-electron chi connectivity index (χ3n) is 4.94. The molecular weight excluding hydrogens is 341 g/mol. The molecule has 0 spiro atoms. The summed E-state index contributed by atoms with van der Waals surface area (Å²) in [5.74, 6) is -0.578. The second-order valence-corrected chi connectivity index (χ2v) is 6.79. The molecule has 5 heteroatoms. The molecule has 3 rings (SSSR count). The van der Waals surface area contributed by atoms with Gasteiger partial charge in [0, 0.05) is 32.7 Å². The first-order valence-electron chi connectivity index (χ1n) is 9.37. The van der Waals surface area contributed by atoms with Crippen molar-refractivity contribution in [3.8, 4) is 0 Å². The van der Waals surface area contributed by atoms with Crippen LogP contribution in [0.5, 0.6) is 0 Å². The van der Waals surface area contributed by atoms with Crippen LogP contribution in [0.4, 0.5) is 10.1 Å². The highest BCUT2D eigenvalue weighted by molar-refractivity contribution is 5.94. The topological polar surface area (TPSA) is 35.6 Å². The highest BCUT2D eigenvalue weighted by atomic mass is 19.1. The van der Waals surface area contributed by atoms with Crippen molar-refractivity contribution in [2.24, 2.45) is 0 Å². The number of carbonyl (C=O) groups is 1. The molecule has 1 heterocycles. The van der Waals surface area contributed by atoms with Crippen LogP contribution in [0.15, 0.2) is 60.7 Å². The van der Waals surface area contributed by atoms with E-state index in [1.165, 1.54) is 11.6 Å². The number of hydrogen-bond acceptors (Lipinski definition) is 3. The Morgan fingerprint density at radius 2 is 1.74 bits per heavy atom. The SMILES string of the molecule is CC(C(=O)Nc1ccccc1F)N1CCN(C/C=C/c2ccccc2)CC1. The Morgan fingerprint density at radius 3 is 2.44 bits per heavy atom. The van der Waals surface area contributed by atoms with E-state index in [4.69, 9.17) is 0 Å². The van der Waals surface area contributed by atoms with Crippen LogP contribution in [0.2, 0.25) is 0 Å². The largest absolute Gasteiger partial charge is 0.322 e. The highest BCUT2D eigenvalue weighted by Crippen LogP contribution is 2.14. The average Bonchev–Trinajstić information content (AvgIpc) is 2.70. The number of piperazine rings is 1. The molecule has 2 aromatic carbocycles. The minimum atomic E-state index is -0.409. The second kappa shape index (κ2) is 9.44. The maximum atomic E-state index is 13.7. The fraction of sp³-hybridized carbons (Fsp3) is 0.318. The standard InChI is InChI=1S/C22H26FN3O/c1-18(22(27)24-21-12-6-5-11-20(21)23)26-16-14-25(15-17-26)13-7-10-19-8-3-2-4-9-19/h2-12,18H,13-17H2,1H3,(H,24,27)/b10-7+. The van der Waals surface area contributed by atoms with Gasteiger partial charge in [0.1, 0.15) is 5.82 Å². The van der Waals surface area contributed by atoms with Crippen LogP contribution in [0.25, 0.3) is 6.08 Å². The third-order valence-corrected chi connectivity index (χ3v) is 4.94. The van der Waals surface area contributed by atoms with Gasteiger partial charge in [0.2, 0.25) is 5.91 Å². The van der Waals surface area contributed by atoms with Crippen LogP contribution in [0, 0.1) is 5.82 Å². The predicted molar refractivity (Wildman–Crippen MR) is 108 cm³/mol. The lowest BCUT2D eigenvalue weighted by Crippen LogP contribution is -2.52. The van der Waals surface area contributed by atoms with Gasteiger partial charge in [0.15, 0.2) is 0 Å². The predicted octanol–water partition coefficient (Wildman–Crippen LogP) is 3.48. The van der Waals surface area contributed by atoms with Gasteiger partial charge in [0.25, 0.3) is 0 Å². The molecule has 1 aliphatic rings. The van der Waals surface area contributed by atoms with E-state index >= 15 is 0 Å². The minimum absolute atomic E-state index is 0.169. The molecule has 1 amide bonds. The maximum absolute atomic E-state index is 13.7. The normalized spacial score (nSPS) is 17.1. The number of anilines is 1. The summed E-state index contributed by atoms with van der Waals surface area (Å²) in [4.78, 5) is 16.9. The fourth-order valence-electron chi connectivity index (χ4n) is 3.20. The van der Waals surface area contributed by atoms with E-state index in [1.807, 2.05) is 25.1 Å². The summed E-state index contributed by atoms with van der Waals surface area (Å²) in [6.07, 6.45) is 4.32. The Bertz CT molecular complexity index is 770. The van der Waals surface area contributed by atoms with Gasteiger partial charge in [-0.15, -0.1) is 0 Å². The van der Waals surface area contributed by atoms with Gasteiger partial charge in [-0.3, -0.25) is 14.6 Å². The molecule has 0 bridgehead atoms. The zero-order valence-corrected chi connectivity index (χ0v) is 15.6. The average molecular weight is 367 g/mol. The Hall–Kier alpha value is -2.50. The molecule has 1 atom stereocenters. The smallest absolute Gasteiger partial charge is 0.241 e. The van der Waals surface area contributed by atoms with Gasteiger partial charge in [-0.1, -0.05) is 54.6 Å². The summed E-state index contributed by atoms with van der Waals surface area (Å²) in [7, 11) is 0. The summed E-state index contributed by atoms with van der Waals surface area (Å²) in [5.41, 5.74) is 1.44. The number of para-hydroxylation sites is 1. The lowest BCUT2D eigenvalue weighted by molar-refractivity contribution is -0.121. The molecule has 0 saturated carbocycles. The molecule has 4 nitrogen and oxygen atoms in total. The van der Waals surface area contributed by atoms with Crippen molar-refractivity contribution in [1.29, 1.82) is 0 Å². The number of halogens is 1. The fourth-order valence-corrected chi connectivity index (χ4v) is 3.20. The molecule has 1 unspecified atom stereocenters. The van der Waals surface area contributed by atoms with Crippen LogP contribution in [-0.4, -0.2) is 54.5 Å². The summed E-state index contributed by atoms with van der Waals surface area (Å²) >= 11 is 0. The van der Waals surface area contributed by atoms with Gasteiger partial charge < -0.3 is 5.32 Å². The number of amides is 1. The Labute approximate surface area is 160 Å². The minimum Gasteiger partial charge on any atom is -0.322 e. The molecule has 27 heavy (non-hydrogen) atoms. The second-order valence-electron chi connectivity index (χ2n) is 6.79. The lowest BCUT2D eigenvalue weighted by atomic mass is 10.2. The Kier molecular flexibility index (Phi) is 6.74. The van der Waals surface area contributed by atoms with Crippen molar-refractivity contribution in [3.05, 3.63) is 72.1 Å². The van der Waals surface area contributed by atoms with E-state index in [-0.39, 0.29) is 17.6 Å². The first-order valence-corrected chi connectivity index (χ1v) is 9.37. The maximum Gasteiger partial charge on any atom is 0.241 e. The van der Waals surface area contributed by atoms with Gasteiger partial charge in [-0.25, -0.2) is 4.39 Å². The molecular formula is C22H26FN3O. The van der Waals surface area contributed by atoms with Gasteiger partial charge in [-0.2, -0.15) is 0 Å². The highest BCUT2D eigenvalue weighted by Gasteiger charge is 2.25.